The van der Waals surface area contributed by atoms with Crippen molar-refractivity contribution >= 4 is 6.09 Å². The average Bonchev–Trinajstić information content (AvgIpc) is 2.92. The molecule has 1 aromatic carbocycles. The van der Waals surface area contributed by atoms with Crippen molar-refractivity contribution in [2.75, 3.05) is 19.6 Å². The van der Waals surface area contributed by atoms with E-state index >= 15 is 0 Å². The molecule has 1 fully saturated rings. The van der Waals surface area contributed by atoms with E-state index in [2.05, 4.69) is 10.6 Å². The molecule has 0 aliphatic carbocycles. The van der Waals surface area contributed by atoms with Crippen LogP contribution in [0.5, 0.6) is 0 Å². The molecule has 0 aromatic heterocycles. The summed E-state index contributed by atoms with van der Waals surface area (Å²) in [7, 11) is 0. The number of nitrogens with zero attached hydrogens (tertiary/aromatic N) is 2. The van der Waals surface area contributed by atoms with Crippen LogP contribution in [0, 0.1) is 10.1 Å². The molecule has 1 aliphatic rings. The third-order valence-corrected chi connectivity index (χ3v) is 3.74. The maximum absolute atomic E-state index is 12.2. The highest BCUT2D eigenvalue weighted by molar-refractivity contribution is 5.68. The third-order valence-electron chi connectivity index (χ3n) is 3.74. The zero-order valence-corrected chi connectivity index (χ0v) is 15.4. The van der Waals surface area contributed by atoms with Crippen LogP contribution in [0.2, 0.25) is 0 Å². The lowest BCUT2D eigenvalue weighted by molar-refractivity contribution is -0.404. The Labute approximate surface area is 153 Å². The molecule has 2 rings (SSSR count). The smallest absolute Gasteiger partial charge is 0.407 e. The molecule has 1 aliphatic heterocycles. The first-order valence-corrected chi connectivity index (χ1v) is 8.60. The van der Waals surface area contributed by atoms with Gasteiger partial charge in [0, 0.05) is 19.6 Å². The van der Waals surface area contributed by atoms with Crippen molar-refractivity contribution in [3.63, 3.8) is 0 Å². The molecule has 0 unspecified atom stereocenters. The van der Waals surface area contributed by atoms with Gasteiger partial charge in [-0.25, -0.2) is 4.79 Å². The molecular weight excluding hydrogens is 336 g/mol. The van der Waals surface area contributed by atoms with Crippen molar-refractivity contribution in [2.24, 2.45) is 0 Å². The highest BCUT2D eigenvalue weighted by Crippen LogP contribution is 2.13. The zero-order chi connectivity index (χ0) is 19.2. The average molecular weight is 362 g/mol. The number of amides is 1. The van der Waals surface area contributed by atoms with Crippen LogP contribution in [-0.4, -0.2) is 47.2 Å². The van der Waals surface area contributed by atoms with Gasteiger partial charge in [0.15, 0.2) is 5.82 Å². The maximum atomic E-state index is 12.2. The van der Waals surface area contributed by atoms with Gasteiger partial charge in [0.1, 0.15) is 5.60 Å². The van der Waals surface area contributed by atoms with Crippen molar-refractivity contribution in [1.82, 2.24) is 15.5 Å². The predicted molar refractivity (Wildman–Crippen MR) is 98.0 cm³/mol. The Morgan fingerprint density at radius 2 is 2.12 bits per heavy atom. The van der Waals surface area contributed by atoms with Crippen LogP contribution >= 0.6 is 0 Å². The van der Waals surface area contributed by atoms with Crippen molar-refractivity contribution in [3.8, 4) is 0 Å². The number of hydrogen-bond acceptors (Lipinski definition) is 6. The van der Waals surface area contributed by atoms with Crippen molar-refractivity contribution in [1.29, 1.82) is 0 Å². The minimum Gasteiger partial charge on any atom is -0.444 e. The Balaban J connectivity index is 2.09. The lowest BCUT2D eigenvalue weighted by Crippen LogP contribution is -2.46. The lowest BCUT2D eigenvalue weighted by Gasteiger charge is -2.27. The number of hydrogen-bond donors (Lipinski definition) is 2. The lowest BCUT2D eigenvalue weighted by atomic mass is 10.1. The van der Waals surface area contributed by atoms with Gasteiger partial charge >= 0.3 is 6.09 Å². The van der Waals surface area contributed by atoms with E-state index < -0.39 is 16.6 Å². The number of nitro groups is 1. The van der Waals surface area contributed by atoms with Gasteiger partial charge < -0.3 is 20.3 Å². The highest BCUT2D eigenvalue weighted by atomic mass is 16.6. The second-order valence-electron chi connectivity index (χ2n) is 7.21. The van der Waals surface area contributed by atoms with Crippen molar-refractivity contribution < 1.29 is 14.5 Å². The molecule has 1 aromatic rings. The quantitative estimate of drug-likeness (QED) is 0.594. The first-order valence-electron chi connectivity index (χ1n) is 8.60. The molecule has 2 N–H and O–H groups in total. The first kappa shape index (κ1) is 19.6. The number of benzene rings is 1. The number of rotatable bonds is 6. The molecule has 0 bridgehead atoms. The summed E-state index contributed by atoms with van der Waals surface area (Å²) in [5, 5.41) is 16.7. The monoisotopic (exact) mass is 362 g/mol. The first-order chi connectivity index (χ1) is 12.2. The molecule has 0 spiro atoms. The molecular formula is C18H26N4O4. The summed E-state index contributed by atoms with van der Waals surface area (Å²) in [5.74, 6) is 0.457. The minimum absolute atomic E-state index is 0.248. The minimum atomic E-state index is -0.590. The van der Waals surface area contributed by atoms with E-state index in [1.165, 1.54) is 0 Å². The summed E-state index contributed by atoms with van der Waals surface area (Å²) >= 11 is 0. The van der Waals surface area contributed by atoms with Gasteiger partial charge in [-0.15, -0.1) is 0 Å². The summed E-state index contributed by atoms with van der Waals surface area (Å²) in [6.45, 7) is 7.13. The van der Waals surface area contributed by atoms with E-state index in [4.69, 9.17) is 4.74 Å². The van der Waals surface area contributed by atoms with Crippen LogP contribution in [0.3, 0.4) is 0 Å². The molecule has 0 saturated carbocycles. The van der Waals surface area contributed by atoms with Gasteiger partial charge in [0.25, 0.3) is 6.20 Å². The van der Waals surface area contributed by atoms with Gasteiger partial charge in [-0.1, -0.05) is 30.3 Å². The molecule has 26 heavy (non-hydrogen) atoms. The molecule has 1 saturated heterocycles. The highest BCUT2D eigenvalue weighted by Gasteiger charge is 2.25. The fraction of sp³-hybridized carbons (Fsp3) is 0.500. The summed E-state index contributed by atoms with van der Waals surface area (Å²) in [5.41, 5.74) is 0.480. The largest absolute Gasteiger partial charge is 0.444 e. The van der Waals surface area contributed by atoms with Crippen molar-refractivity contribution in [2.45, 2.75) is 38.8 Å². The maximum Gasteiger partial charge on any atom is 0.407 e. The Hall–Kier alpha value is -2.77. The SMILES string of the molecule is CC(C)(C)OC(=O)N[C@@H](Cc1ccccc1)CN1CCN/C1=C\[N+](=O)[O-]. The van der Waals surface area contributed by atoms with Crippen LogP contribution in [-0.2, 0) is 11.2 Å². The van der Waals surface area contributed by atoms with Gasteiger partial charge in [-0.3, -0.25) is 10.1 Å². The Morgan fingerprint density at radius 1 is 1.42 bits per heavy atom. The molecule has 1 heterocycles. The predicted octanol–water partition coefficient (Wildman–Crippen LogP) is 2.10. The normalized spacial score (nSPS) is 16.9. The summed E-state index contributed by atoms with van der Waals surface area (Å²) in [4.78, 5) is 24.4. The molecule has 1 atom stereocenters. The zero-order valence-electron chi connectivity index (χ0n) is 15.4. The van der Waals surface area contributed by atoms with E-state index in [1.54, 1.807) is 20.8 Å². The van der Waals surface area contributed by atoms with Crippen molar-refractivity contribution in [3.05, 3.63) is 58.0 Å². The molecule has 8 heteroatoms. The van der Waals surface area contributed by atoms with E-state index in [0.29, 0.717) is 31.9 Å². The second-order valence-corrected chi connectivity index (χ2v) is 7.21. The fourth-order valence-corrected chi connectivity index (χ4v) is 2.77. The summed E-state index contributed by atoms with van der Waals surface area (Å²) in [6, 6.07) is 9.54. The number of ether oxygens (including phenoxy) is 1. The Morgan fingerprint density at radius 3 is 2.73 bits per heavy atom. The number of carbonyl (C=O) groups excluding carboxylic acids is 1. The van der Waals surface area contributed by atoms with Gasteiger partial charge in [-0.05, 0) is 32.8 Å². The van der Waals surface area contributed by atoms with E-state index in [0.717, 1.165) is 11.8 Å². The summed E-state index contributed by atoms with van der Waals surface area (Å²) < 4.78 is 5.35. The number of nitrogens with one attached hydrogen (secondary N) is 2. The second kappa shape index (κ2) is 8.55. The van der Waals surface area contributed by atoms with Gasteiger partial charge in [0.05, 0.1) is 11.0 Å². The molecule has 8 nitrogen and oxygen atoms in total. The van der Waals surface area contributed by atoms with Crippen LogP contribution in [0.1, 0.15) is 26.3 Å². The fourth-order valence-electron chi connectivity index (χ4n) is 2.77. The molecule has 1 amide bonds. The standard InChI is InChI=1S/C18H26N4O4/c1-18(2,3)26-17(23)20-15(11-14-7-5-4-6-8-14)12-21-10-9-19-16(21)13-22(24)25/h4-8,13,15,19H,9-12H2,1-3H3,(H,20,23)/b16-13+/t15-/m0/s1. The number of carbonyl (C=O) groups is 1. The van der Waals surface area contributed by atoms with Crippen LogP contribution in [0.15, 0.2) is 42.4 Å². The third kappa shape index (κ3) is 6.62. The van der Waals surface area contributed by atoms with Crippen LogP contribution < -0.4 is 10.6 Å². The van der Waals surface area contributed by atoms with Gasteiger partial charge in [-0.2, -0.15) is 0 Å². The van der Waals surface area contributed by atoms with E-state index in [1.807, 2.05) is 35.2 Å². The molecule has 0 radical (unpaired) electrons. The van der Waals surface area contributed by atoms with Gasteiger partial charge in [0.2, 0.25) is 0 Å². The topological polar surface area (TPSA) is 96.7 Å². The van der Waals surface area contributed by atoms with Crippen LogP contribution in [0.25, 0.3) is 0 Å². The number of alkyl carbamates (subject to hydrolysis) is 1. The van der Waals surface area contributed by atoms with E-state index in [9.17, 15) is 14.9 Å². The van der Waals surface area contributed by atoms with Crippen LogP contribution in [0.4, 0.5) is 4.79 Å². The molecule has 142 valence electrons. The Bertz CT molecular complexity index is 655. The Kier molecular flexibility index (Phi) is 6.43. The van der Waals surface area contributed by atoms with E-state index in [-0.39, 0.29) is 6.04 Å². The summed E-state index contributed by atoms with van der Waals surface area (Å²) in [6.07, 6.45) is 1.06.